The number of amides is 2. The molecule has 0 aliphatic carbocycles. The normalized spacial score (nSPS) is 16.6. The van der Waals surface area contributed by atoms with Gasteiger partial charge in [0.25, 0.3) is 5.91 Å². The van der Waals surface area contributed by atoms with Crippen LogP contribution in [0.5, 0.6) is 0 Å². The summed E-state index contributed by atoms with van der Waals surface area (Å²) in [6, 6.07) is 17.3. The van der Waals surface area contributed by atoms with Gasteiger partial charge in [-0.15, -0.1) is 0 Å². The largest absolute Gasteiger partial charge is 0.448 e. The molecule has 132 valence electrons. The van der Waals surface area contributed by atoms with Gasteiger partial charge in [0.1, 0.15) is 5.69 Å². The molecule has 0 radical (unpaired) electrons. The average Bonchev–Trinajstić information content (AvgIpc) is 2.97. The Hall–Kier alpha value is -3.12. The highest BCUT2D eigenvalue weighted by Gasteiger charge is 2.40. The molecule has 0 spiro atoms. The fourth-order valence-electron chi connectivity index (χ4n) is 3.54. The molecule has 0 fully saturated rings. The molecule has 4 rings (SSSR count). The minimum atomic E-state index is -0.700. The molecule has 1 aromatic heterocycles. The fraction of sp³-hybridized carbons (Fsp3) is 0.200. The molecule has 1 aliphatic heterocycles. The Morgan fingerprint density at radius 2 is 1.81 bits per heavy atom. The summed E-state index contributed by atoms with van der Waals surface area (Å²) in [4.78, 5) is 25.4. The number of benzene rings is 2. The van der Waals surface area contributed by atoms with Crippen LogP contribution in [-0.4, -0.2) is 28.2 Å². The first-order valence-electron chi connectivity index (χ1n) is 8.53. The van der Waals surface area contributed by atoms with E-state index in [0.29, 0.717) is 5.69 Å². The summed E-state index contributed by atoms with van der Waals surface area (Å²) in [6.07, 6.45) is -0.700. The van der Waals surface area contributed by atoms with Crippen LogP contribution in [0.25, 0.3) is 10.9 Å². The van der Waals surface area contributed by atoms with Crippen LogP contribution in [0.1, 0.15) is 34.6 Å². The molecule has 0 saturated heterocycles. The summed E-state index contributed by atoms with van der Waals surface area (Å²) < 4.78 is 6.90. The number of carbonyl (C=O) groups is 2. The van der Waals surface area contributed by atoms with Gasteiger partial charge in [-0.05, 0) is 18.6 Å². The van der Waals surface area contributed by atoms with Crippen molar-refractivity contribution >= 4 is 22.9 Å². The van der Waals surface area contributed by atoms with Gasteiger partial charge in [-0.1, -0.05) is 48.5 Å². The molecule has 0 saturated carbocycles. The fourth-order valence-corrected chi connectivity index (χ4v) is 3.54. The summed E-state index contributed by atoms with van der Waals surface area (Å²) in [6.45, 7) is 1.91. The molecule has 2 aromatic carbocycles. The Bertz CT molecular complexity index is 994. The Balaban J connectivity index is 1.96. The molecular formula is C20H19N3O3. The predicted molar refractivity (Wildman–Crippen MR) is 97.5 cm³/mol. The summed E-state index contributed by atoms with van der Waals surface area (Å²) in [5.41, 5.74) is 6.34. The highest BCUT2D eigenvalue weighted by Crippen LogP contribution is 2.37. The van der Waals surface area contributed by atoms with Crippen molar-refractivity contribution < 1.29 is 14.3 Å². The van der Waals surface area contributed by atoms with Gasteiger partial charge in [-0.2, -0.15) is 5.01 Å². The summed E-state index contributed by atoms with van der Waals surface area (Å²) >= 11 is 0. The van der Waals surface area contributed by atoms with E-state index in [-0.39, 0.29) is 12.6 Å². The van der Waals surface area contributed by atoms with Crippen molar-refractivity contribution in [2.75, 3.05) is 6.61 Å². The number of nitrogens with one attached hydrogen (secondary N) is 1. The molecule has 2 heterocycles. The van der Waals surface area contributed by atoms with E-state index in [4.69, 9.17) is 4.74 Å². The van der Waals surface area contributed by atoms with Crippen molar-refractivity contribution in [3.05, 3.63) is 71.4 Å². The number of rotatable bonds is 2. The quantitative estimate of drug-likeness (QED) is 0.770. The summed E-state index contributed by atoms with van der Waals surface area (Å²) in [5.74, 6) is -0.413. The van der Waals surface area contributed by atoms with Gasteiger partial charge < -0.3 is 9.30 Å². The third-order valence-electron chi connectivity index (χ3n) is 4.68. The molecule has 0 bridgehead atoms. The number of para-hydroxylation sites is 1. The van der Waals surface area contributed by atoms with E-state index in [2.05, 4.69) is 5.43 Å². The van der Waals surface area contributed by atoms with Gasteiger partial charge in [-0.25, -0.2) is 10.2 Å². The molecule has 1 N–H and O–H groups in total. The van der Waals surface area contributed by atoms with Crippen LogP contribution in [0, 0.1) is 0 Å². The van der Waals surface area contributed by atoms with E-state index in [9.17, 15) is 9.59 Å². The standard InChI is InChI=1S/C20H19N3O3/c1-3-26-20(25)23-19(24)18-16(14-11-7-8-12-15(14)22(18)2)17(21-23)13-9-5-4-6-10-13/h4-12,17,21H,3H2,1-2H3. The first-order valence-corrected chi connectivity index (χ1v) is 8.53. The van der Waals surface area contributed by atoms with E-state index in [1.165, 1.54) is 0 Å². The molecule has 3 aromatic rings. The highest BCUT2D eigenvalue weighted by atomic mass is 16.6. The van der Waals surface area contributed by atoms with Gasteiger partial charge in [-0.3, -0.25) is 4.79 Å². The zero-order valence-corrected chi connectivity index (χ0v) is 14.6. The molecular weight excluding hydrogens is 330 g/mol. The van der Waals surface area contributed by atoms with Crippen LogP contribution in [0.3, 0.4) is 0 Å². The second kappa shape index (κ2) is 6.31. The Morgan fingerprint density at radius 1 is 1.12 bits per heavy atom. The van der Waals surface area contributed by atoms with E-state index >= 15 is 0 Å². The van der Waals surface area contributed by atoms with E-state index in [1.807, 2.05) is 66.2 Å². The highest BCUT2D eigenvalue weighted by molar-refractivity contribution is 6.08. The molecule has 26 heavy (non-hydrogen) atoms. The zero-order chi connectivity index (χ0) is 18.3. The number of hydrogen-bond acceptors (Lipinski definition) is 4. The van der Waals surface area contributed by atoms with Crippen LogP contribution in [0.4, 0.5) is 4.79 Å². The molecule has 6 nitrogen and oxygen atoms in total. The molecule has 1 atom stereocenters. The number of ether oxygens (including phenoxy) is 1. The first kappa shape index (κ1) is 16.4. The minimum Gasteiger partial charge on any atom is -0.448 e. The predicted octanol–water partition coefficient (Wildman–Crippen LogP) is 3.38. The first-order chi connectivity index (χ1) is 12.6. The van der Waals surface area contributed by atoms with Crippen LogP contribution in [0.2, 0.25) is 0 Å². The lowest BCUT2D eigenvalue weighted by atomic mass is 9.94. The Morgan fingerprint density at radius 3 is 2.54 bits per heavy atom. The summed E-state index contributed by atoms with van der Waals surface area (Å²) in [5, 5.41) is 1.96. The van der Waals surface area contributed by atoms with Crippen LogP contribution < -0.4 is 5.43 Å². The number of carbonyl (C=O) groups excluding carboxylic acids is 2. The van der Waals surface area contributed by atoms with Crippen LogP contribution in [0.15, 0.2) is 54.6 Å². The van der Waals surface area contributed by atoms with Crippen molar-refractivity contribution in [1.29, 1.82) is 0 Å². The Labute approximate surface area is 150 Å². The lowest BCUT2D eigenvalue weighted by molar-refractivity contribution is 0.0495. The third-order valence-corrected chi connectivity index (χ3v) is 4.68. The van der Waals surface area contributed by atoms with Crippen molar-refractivity contribution in [3.63, 3.8) is 0 Å². The topological polar surface area (TPSA) is 63.6 Å². The van der Waals surface area contributed by atoms with E-state index < -0.39 is 12.0 Å². The SMILES string of the molecule is CCOC(=O)N1NC(c2ccccc2)c2c(n(C)c3ccccc23)C1=O. The van der Waals surface area contributed by atoms with Gasteiger partial charge in [0, 0.05) is 23.5 Å². The van der Waals surface area contributed by atoms with E-state index in [0.717, 1.165) is 27.0 Å². The Kier molecular flexibility index (Phi) is 3.97. The van der Waals surface area contributed by atoms with Crippen molar-refractivity contribution in [1.82, 2.24) is 15.0 Å². The lowest BCUT2D eigenvalue weighted by Crippen LogP contribution is -2.53. The van der Waals surface area contributed by atoms with E-state index in [1.54, 1.807) is 6.92 Å². The molecule has 1 aliphatic rings. The maximum atomic E-state index is 13.0. The maximum Gasteiger partial charge on any atom is 0.431 e. The average molecular weight is 349 g/mol. The van der Waals surface area contributed by atoms with Crippen molar-refractivity contribution in [3.8, 4) is 0 Å². The van der Waals surface area contributed by atoms with Gasteiger partial charge >= 0.3 is 6.09 Å². The summed E-state index contributed by atoms with van der Waals surface area (Å²) in [7, 11) is 1.84. The number of aryl methyl sites for hydroxylation is 1. The van der Waals surface area contributed by atoms with Gasteiger partial charge in [0.05, 0.1) is 12.6 Å². The maximum absolute atomic E-state index is 13.0. The molecule has 6 heteroatoms. The number of nitrogens with zero attached hydrogens (tertiary/aromatic N) is 2. The molecule has 1 unspecified atom stereocenters. The lowest BCUT2D eigenvalue weighted by Gasteiger charge is -2.32. The van der Waals surface area contributed by atoms with Gasteiger partial charge in [0.15, 0.2) is 0 Å². The smallest absolute Gasteiger partial charge is 0.431 e. The number of hydrogen-bond donors (Lipinski definition) is 1. The number of fused-ring (bicyclic) bond motifs is 3. The monoisotopic (exact) mass is 349 g/mol. The number of imide groups is 1. The minimum absolute atomic E-state index is 0.197. The van der Waals surface area contributed by atoms with Crippen molar-refractivity contribution in [2.45, 2.75) is 13.0 Å². The number of hydrazine groups is 1. The molecule has 2 amide bonds. The second-order valence-corrected chi connectivity index (χ2v) is 6.15. The number of aromatic nitrogens is 1. The van der Waals surface area contributed by atoms with Crippen molar-refractivity contribution in [2.24, 2.45) is 7.05 Å². The van der Waals surface area contributed by atoms with Crippen LogP contribution in [-0.2, 0) is 11.8 Å². The third kappa shape index (κ3) is 2.38. The van der Waals surface area contributed by atoms with Gasteiger partial charge in [0.2, 0.25) is 0 Å². The van der Waals surface area contributed by atoms with Crippen LogP contribution >= 0.6 is 0 Å². The zero-order valence-electron chi connectivity index (χ0n) is 14.6. The second-order valence-electron chi connectivity index (χ2n) is 6.15.